The van der Waals surface area contributed by atoms with Gasteiger partial charge in [-0.1, -0.05) is 6.42 Å². The van der Waals surface area contributed by atoms with Crippen LogP contribution in [0.3, 0.4) is 0 Å². The molecule has 1 amide bonds. The zero-order chi connectivity index (χ0) is 16.6. The third-order valence-corrected chi connectivity index (χ3v) is 7.05. The second-order valence-corrected chi connectivity index (χ2v) is 8.55. The van der Waals surface area contributed by atoms with Crippen LogP contribution in [0.2, 0.25) is 0 Å². The lowest BCUT2D eigenvalue weighted by atomic mass is 9.76. The smallest absolute Gasteiger partial charge is 0.249 e. The van der Waals surface area contributed by atoms with E-state index in [0.29, 0.717) is 6.61 Å². The summed E-state index contributed by atoms with van der Waals surface area (Å²) in [4.78, 5) is 26.9. The molecule has 6 heteroatoms. The van der Waals surface area contributed by atoms with Gasteiger partial charge in [-0.15, -0.1) is 11.3 Å². The molecule has 1 saturated carbocycles. The minimum absolute atomic E-state index is 0.156. The fraction of sp³-hybridized carbons (Fsp3) is 0.778. The van der Waals surface area contributed by atoms with Crippen LogP contribution in [0.25, 0.3) is 0 Å². The molecule has 3 aliphatic rings. The van der Waals surface area contributed by atoms with Crippen molar-refractivity contribution in [2.75, 3.05) is 26.2 Å². The number of carbonyl (C=O) groups excluding carboxylic acids is 1. The van der Waals surface area contributed by atoms with Gasteiger partial charge in [0.2, 0.25) is 5.91 Å². The van der Waals surface area contributed by atoms with Crippen molar-refractivity contribution in [2.24, 2.45) is 11.3 Å². The van der Waals surface area contributed by atoms with Crippen LogP contribution in [0.5, 0.6) is 0 Å². The summed E-state index contributed by atoms with van der Waals surface area (Å²) in [6.07, 6.45) is 6.69. The molecule has 1 spiro atoms. The Morgan fingerprint density at radius 1 is 1.38 bits per heavy atom. The van der Waals surface area contributed by atoms with Gasteiger partial charge in [-0.05, 0) is 51.0 Å². The monoisotopic (exact) mass is 349 g/mol. The van der Waals surface area contributed by atoms with Gasteiger partial charge < -0.3 is 0 Å². The van der Waals surface area contributed by atoms with Crippen LogP contribution in [-0.4, -0.2) is 47.1 Å². The predicted molar refractivity (Wildman–Crippen MR) is 93.4 cm³/mol. The highest BCUT2D eigenvalue weighted by atomic mass is 32.1. The molecule has 0 radical (unpaired) electrons. The summed E-state index contributed by atoms with van der Waals surface area (Å²) in [5.41, 5.74) is 3.27. The Kier molecular flexibility index (Phi) is 4.62. The SMILES string of the molecule is Cc1ncsc1CN1CC[C@@]2(CCC[C@H]2C(=O)N2CCCCO2)C1. The number of aryl methyl sites for hydroxylation is 1. The van der Waals surface area contributed by atoms with Gasteiger partial charge in [0.25, 0.3) is 0 Å². The maximum Gasteiger partial charge on any atom is 0.249 e. The lowest BCUT2D eigenvalue weighted by molar-refractivity contribution is -0.204. The zero-order valence-corrected chi connectivity index (χ0v) is 15.3. The van der Waals surface area contributed by atoms with E-state index in [-0.39, 0.29) is 17.2 Å². The van der Waals surface area contributed by atoms with Gasteiger partial charge in [0.1, 0.15) is 0 Å². The number of likely N-dealkylation sites (tertiary alicyclic amines) is 1. The summed E-state index contributed by atoms with van der Waals surface area (Å²) in [7, 11) is 0. The van der Waals surface area contributed by atoms with E-state index in [4.69, 9.17) is 4.84 Å². The van der Waals surface area contributed by atoms with Gasteiger partial charge >= 0.3 is 0 Å². The average molecular weight is 350 g/mol. The first-order chi connectivity index (χ1) is 11.7. The first kappa shape index (κ1) is 16.5. The van der Waals surface area contributed by atoms with Crippen LogP contribution in [0, 0.1) is 18.3 Å². The summed E-state index contributed by atoms with van der Waals surface area (Å²) in [6, 6.07) is 0. The molecule has 0 N–H and O–H groups in total. The molecule has 1 aromatic rings. The lowest BCUT2D eigenvalue weighted by Gasteiger charge is -2.35. The first-order valence-electron chi connectivity index (χ1n) is 9.24. The van der Waals surface area contributed by atoms with Crippen molar-refractivity contribution in [3.8, 4) is 0 Å². The van der Waals surface area contributed by atoms with Crippen molar-refractivity contribution in [1.82, 2.24) is 14.9 Å². The molecule has 0 unspecified atom stereocenters. The van der Waals surface area contributed by atoms with Crippen LogP contribution < -0.4 is 0 Å². The highest BCUT2D eigenvalue weighted by Gasteiger charge is 2.51. The number of amides is 1. The predicted octanol–water partition coefficient (Wildman–Crippen LogP) is 3.00. The molecule has 132 valence electrons. The largest absolute Gasteiger partial charge is 0.298 e. The molecule has 0 bridgehead atoms. The van der Waals surface area contributed by atoms with Gasteiger partial charge in [0.15, 0.2) is 0 Å². The van der Waals surface area contributed by atoms with E-state index in [1.165, 1.54) is 17.7 Å². The Bertz CT molecular complexity index is 599. The highest BCUT2D eigenvalue weighted by molar-refractivity contribution is 7.09. The molecular weight excluding hydrogens is 322 g/mol. The second-order valence-electron chi connectivity index (χ2n) is 7.61. The molecule has 2 saturated heterocycles. The van der Waals surface area contributed by atoms with Gasteiger partial charge in [-0.25, -0.2) is 10.0 Å². The molecule has 3 fully saturated rings. The molecule has 0 aromatic carbocycles. The van der Waals surface area contributed by atoms with Gasteiger partial charge in [0.05, 0.1) is 17.8 Å². The van der Waals surface area contributed by atoms with Crippen LogP contribution in [0.15, 0.2) is 5.51 Å². The standard InChI is InChI=1S/C18H27N3O2S/c1-14-16(24-13-19-14)11-20-9-7-18(12-20)6-4-5-15(18)17(22)21-8-2-3-10-23-21/h13,15H,2-12H2,1H3/t15-,18-/m0/s1. The summed E-state index contributed by atoms with van der Waals surface area (Å²) >= 11 is 1.75. The third-order valence-electron chi connectivity index (χ3n) is 6.13. The number of hydrogen-bond acceptors (Lipinski definition) is 5. The number of nitrogens with zero attached hydrogens (tertiary/aromatic N) is 3. The van der Waals surface area contributed by atoms with E-state index in [9.17, 15) is 4.79 Å². The van der Waals surface area contributed by atoms with Crippen LogP contribution >= 0.6 is 11.3 Å². The normalized spacial score (nSPS) is 31.2. The maximum absolute atomic E-state index is 13.0. The van der Waals surface area contributed by atoms with Crippen molar-refractivity contribution in [2.45, 2.75) is 52.0 Å². The van der Waals surface area contributed by atoms with E-state index < -0.39 is 0 Å². The van der Waals surface area contributed by atoms with Crippen molar-refractivity contribution < 1.29 is 9.63 Å². The fourth-order valence-electron chi connectivity index (χ4n) is 4.76. The summed E-state index contributed by atoms with van der Waals surface area (Å²) in [5, 5.41) is 1.68. The lowest BCUT2D eigenvalue weighted by Crippen LogP contribution is -2.45. The fourth-order valence-corrected chi connectivity index (χ4v) is 5.58. The number of rotatable bonds is 3. The van der Waals surface area contributed by atoms with E-state index in [1.807, 2.05) is 5.51 Å². The van der Waals surface area contributed by atoms with E-state index in [2.05, 4.69) is 16.8 Å². The van der Waals surface area contributed by atoms with E-state index in [1.54, 1.807) is 16.4 Å². The molecule has 5 nitrogen and oxygen atoms in total. The number of aromatic nitrogens is 1. The Labute approximate surface area is 147 Å². The molecule has 1 aliphatic carbocycles. The topological polar surface area (TPSA) is 45.7 Å². The number of hydroxylamine groups is 2. The molecule has 24 heavy (non-hydrogen) atoms. The molecule has 2 atom stereocenters. The highest BCUT2D eigenvalue weighted by Crippen LogP contribution is 2.50. The molecule has 2 aliphatic heterocycles. The Morgan fingerprint density at radius 2 is 2.29 bits per heavy atom. The number of thiazole rings is 1. The first-order valence-corrected chi connectivity index (χ1v) is 10.1. The third kappa shape index (κ3) is 3.00. The van der Waals surface area contributed by atoms with E-state index in [0.717, 1.165) is 57.6 Å². The van der Waals surface area contributed by atoms with Crippen molar-refractivity contribution in [1.29, 1.82) is 0 Å². The van der Waals surface area contributed by atoms with Crippen molar-refractivity contribution in [3.63, 3.8) is 0 Å². The van der Waals surface area contributed by atoms with Crippen molar-refractivity contribution >= 4 is 17.2 Å². The van der Waals surface area contributed by atoms with E-state index >= 15 is 0 Å². The van der Waals surface area contributed by atoms with Gasteiger partial charge in [-0.3, -0.25) is 14.5 Å². The summed E-state index contributed by atoms with van der Waals surface area (Å²) < 4.78 is 0. The summed E-state index contributed by atoms with van der Waals surface area (Å²) in [6.45, 7) is 6.70. The number of hydrogen-bond donors (Lipinski definition) is 0. The van der Waals surface area contributed by atoms with Crippen LogP contribution in [0.4, 0.5) is 0 Å². The van der Waals surface area contributed by atoms with Gasteiger partial charge in [0, 0.05) is 30.4 Å². The molecular formula is C18H27N3O2S. The maximum atomic E-state index is 13.0. The van der Waals surface area contributed by atoms with Crippen LogP contribution in [0.1, 0.15) is 49.1 Å². The Hall–Kier alpha value is -0.980. The van der Waals surface area contributed by atoms with Crippen LogP contribution in [-0.2, 0) is 16.2 Å². The molecule has 3 heterocycles. The summed E-state index contributed by atoms with van der Waals surface area (Å²) in [5.74, 6) is 0.408. The van der Waals surface area contributed by atoms with Crippen molar-refractivity contribution in [3.05, 3.63) is 16.1 Å². The minimum atomic E-state index is 0.156. The molecule has 1 aromatic heterocycles. The Morgan fingerprint density at radius 3 is 3.04 bits per heavy atom. The zero-order valence-electron chi connectivity index (χ0n) is 14.5. The average Bonchev–Trinajstić information content (AvgIpc) is 3.31. The quantitative estimate of drug-likeness (QED) is 0.841. The van der Waals surface area contributed by atoms with Gasteiger partial charge in [-0.2, -0.15) is 0 Å². The number of carbonyl (C=O) groups is 1. The minimum Gasteiger partial charge on any atom is -0.298 e. The second kappa shape index (κ2) is 6.73. The Balaban J connectivity index is 1.44. The molecule has 4 rings (SSSR count).